The van der Waals surface area contributed by atoms with E-state index in [4.69, 9.17) is 17.4 Å². The quantitative estimate of drug-likeness (QED) is 0.644. The first kappa shape index (κ1) is 13.1. The van der Waals surface area contributed by atoms with E-state index in [-0.39, 0.29) is 6.04 Å². The Morgan fingerprint density at radius 3 is 2.67 bits per heavy atom. The average molecular weight is 265 g/mol. The summed E-state index contributed by atoms with van der Waals surface area (Å²) in [5.74, 6) is 5.64. The summed E-state index contributed by atoms with van der Waals surface area (Å²) in [5.41, 5.74) is 4.93. The molecule has 2 rings (SSSR count). The second-order valence-electron chi connectivity index (χ2n) is 4.19. The Bertz CT molecular complexity index is 492. The van der Waals surface area contributed by atoms with Crippen LogP contribution in [0.3, 0.4) is 0 Å². The lowest BCUT2D eigenvalue weighted by Gasteiger charge is -2.14. The summed E-state index contributed by atoms with van der Waals surface area (Å²) in [7, 11) is 0. The first-order chi connectivity index (χ1) is 8.74. The van der Waals surface area contributed by atoms with Gasteiger partial charge in [0.25, 0.3) is 0 Å². The molecule has 0 aliphatic rings. The number of aromatic nitrogens is 2. The number of nitrogens with zero attached hydrogens (tertiary/aromatic N) is 2. The molecule has 96 valence electrons. The monoisotopic (exact) mass is 264 g/mol. The van der Waals surface area contributed by atoms with Gasteiger partial charge < -0.3 is 0 Å². The summed E-state index contributed by atoms with van der Waals surface area (Å²) in [6.45, 7) is 3.04. The zero-order chi connectivity index (χ0) is 13.0. The number of nitrogens with two attached hydrogens (primary N) is 1. The van der Waals surface area contributed by atoms with Gasteiger partial charge in [-0.25, -0.2) is 5.43 Å². The highest BCUT2D eigenvalue weighted by Crippen LogP contribution is 2.22. The Labute approximate surface area is 112 Å². The van der Waals surface area contributed by atoms with Crippen LogP contribution >= 0.6 is 11.6 Å². The van der Waals surface area contributed by atoms with Gasteiger partial charge in [-0.2, -0.15) is 5.10 Å². The molecule has 4 nitrogen and oxygen atoms in total. The highest BCUT2D eigenvalue weighted by Gasteiger charge is 2.14. The molecule has 0 spiro atoms. The molecule has 2 aromatic rings. The molecular formula is C13H17ClN4. The van der Waals surface area contributed by atoms with Gasteiger partial charge in [-0.15, -0.1) is 0 Å². The van der Waals surface area contributed by atoms with Crippen LogP contribution in [-0.2, 0) is 6.54 Å². The van der Waals surface area contributed by atoms with Crippen LogP contribution in [0.15, 0.2) is 36.7 Å². The van der Waals surface area contributed by atoms with Gasteiger partial charge in [-0.3, -0.25) is 10.5 Å². The van der Waals surface area contributed by atoms with Crippen molar-refractivity contribution < 1.29 is 0 Å². The van der Waals surface area contributed by atoms with E-state index in [1.807, 2.05) is 41.3 Å². The van der Waals surface area contributed by atoms with Crippen molar-refractivity contribution in [1.29, 1.82) is 0 Å². The second-order valence-corrected chi connectivity index (χ2v) is 4.62. The van der Waals surface area contributed by atoms with Crippen molar-refractivity contribution in [3.05, 3.63) is 52.8 Å². The number of nitrogens with one attached hydrogen (secondary N) is 1. The Hall–Kier alpha value is -1.36. The summed E-state index contributed by atoms with van der Waals surface area (Å²) < 4.78 is 1.93. The van der Waals surface area contributed by atoms with Crippen LogP contribution in [0.4, 0.5) is 0 Å². The molecule has 1 aromatic heterocycles. The van der Waals surface area contributed by atoms with E-state index in [0.717, 1.165) is 29.1 Å². The van der Waals surface area contributed by atoms with Crippen LogP contribution in [0.2, 0.25) is 5.02 Å². The topological polar surface area (TPSA) is 55.9 Å². The van der Waals surface area contributed by atoms with Crippen LogP contribution in [0.25, 0.3) is 0 Å². The highest BCUT2D eigenvalue weighted by atomic mass is 35.5. The average Bonchev–Trinajstić information content (AvgIpc) is 2.82. The predicted octanol–water partition coefficient (Wildman–Crippen LogP) is 2.50. The van der Waals surface area contributed by atoms with Crippen LogP contribution in [0.5, 0.6) is 0 Å². The van der Waals surface area contributed by atoms with E-state index >= 15 is 0 Å². The fourth-order valence-corrected chi connectivity index (χ4v) is 2.05. The number of rotatable bonds is 5. The zero-order valence-electron chi connectivity index (χ0n) is 10.3. The molecule has 1 unspecified atom stereocenters. The minimum absolute atomic E-state index is 0.0622. The van der Waals surface area contributed by atoms with Gasteiger partial charge in [0.1, 0.15) is 0 Å². The van der Waals surface area contributed by atoms with E-state index in [1.54, 1.807) is 0 Å². The third kappa shape index (κ3) is 2.90. The predicted molar refractivity (Wildman–Crippen MR) is 73.1 cm³/mol. The van der Waals surface area contributed by atoms with E-state index < -0.39 is 0 Å². The van der Waals surface area contributed by atoms with E-state index in [9.17, 15) is 0 Å². The lowest BCUT2D eigenvalue weighted by molar-refractivity contribution is 0.598. The van der Waals surface area contributed by atoms with Crippen LogP contribution in [0, 0.1) is 0 Å². The Kier molecular flexibility index (Phi) is 4.36. The lowest BCUT2D eigenvalue weighted by Crippen LogP contribution is -2.28. The van der Waals surface area contributed by atoms with Crippen LogP contribution < -0.4 is 11.3 Å². The zero-order valence-corrected chi connectivity index (χ0v) is 11.1. The Morgan fingerprint density at radius 2 is 2.06 bits per heavy atom. The Morgan fingerprint density at radius 1 is 1.33 bits per heavy atom. The maximum absolute atomic E-state index is 5.88. The first-order valence-electron chi connectivity index (χ1n) is 5.98. The standard InChI is InChI=1S/C13H17ClN4/c1-2-7-18-9-11(8-16-18)13(17-15)10-3-5-12(14)6-4-10/h3-6,8-9,13,17H,2,7,15H2,1H3. The molecule has 0 aliphatic carbocycles. The maximum Gasteiger partial charge on any atom is 0.0740 e. The molecule has 1 atom stereocenters. The fourth-order valence-electron chi connectivity index (χ4n) is 1.92. The molecule has 0 bridgehead atoms. The Balaban J connectivity index is 2.24. The molecule has 0 saturated carbocycles. The molecule has 0 aliphatic heterocycles. The van der Waals surface area contributed by atoms with Crippen molar-refractivity contribution in [3.8, 4) is 0 Å². The molecule has 1 heterocycles. The largest absolute Gasteiger partial charge is 0.272 e. The lowest BCUT2D eigenvalue weighted by atomic mass is 10.0. The smallest absolute Gasteiger partial charge is 0.0740 e. The van der Waals surface area contributed by atoms with Crippen molar-refractivity contribution in [2.24, 2.45) is 5.84 Å². The fraction of sp³-hybridized carbons (Fsp3) is 0.308. The number of aryl methyl sites for hydroxylation is 1. The van der Waals surface area contributed by atoms with Gasteiger partial charge in [-0.05, 0) is 24.1 Å². The van der Waals surface area contributed by atoms with E-state index in [1.165, 1.54) is 0 Å². The maximum atomic E-state index is 5.88. The normalized spacial score (nSPS) is 12.6. The van der Waals surface area contributed by atoms with Crippen molar-refractivity contribution in [3.63, 3.8) is 0 Å². The van der Waals surface area contributed by atoms with Gasteiger partial charge in [0, 0.05) is 23.3 Å². The molecule has 18 heavy (non-hydrogen) atoms. The second kappa shape index (κ2) is 6.00. The number of benzene rings is 1. The van der Waals surface area contributed by atoms with Gasteiger partial charge in [-0.1, -0.05) is 30.7 Å². The molecule has 0 saturated heterocycles. The van der Waals surface area contributed by atoms with Crippen molar-refractivity contribution in [2.75, 3.05) is 0 Å². The molecular weight excluding hydrogens is 248 g/mol. The van der Waals surface area contributed by atoms with Gasteiger partial charge in [0.15, 0.2) is 0 Å². The first-order valence-corrected chi connectivity index (χ1v) is 6.36. The molecule has 0 fully saturated rings. The summed E-state index contributed by atoms with van der Waals surface area (Å²) in [6.07, 6.45) is 4.92. The summed E-state index contributed by atoms with van der Waals surface area (Å²) in [4.78, 5) is 0. The molecule has 5 heteroatoms. The summed E-state index contributed by atoms with van der Waals surface area (Å²) in [6, 6.07) is 7.58. The van der Waals surface area contributed by atoms with Crippen molar-refractivity contribution in [2.45, 2.75) is 25.9 Å². The number of hydrogen-bond acceptors (Lipinski definition) is 3. The van der Waals surface area contributed by atoms with Crippen LogP contribution in [-0.4, -0.2) is 9.78 Å². The van der Waals surface area contributed by atoms with Crippen LogP contribution in [0.1, 0.15) is 30.5 Å². The molecule has 3 N–H and O–H groups in total. The minimum Gasteiger partial charge on any atom is -0.272 e. The molecule has 0 amide bonds. The third-order valence-electron chi connectivity index (χ3n) is 2.81. The SMILES string of the molecule is CCCn1cc(C(NN)c2ccc(Cl)cc2)cn1. The van der Waals surface area contributed by atoms with Gasteiger partial charge >= 0.3 is 0 Å². The van der Waals surface area contributed by atoms with E-state index in [2.05, 4.69) is 17.4 Å². The van der Waals surface area contributed by atoms with Crippen molar-refractivity contribution in [1.82, 2.24) is 15.2 Å². The van der Waals surface area contributed by atoms with Gasteiger partial charge in [0.05, 0.1) is 12.2 Å². The summed E-state index contributed by atoms with van der Waals surface area (Å²) in [5, 5.41) is 5.03. The number of halogens is 1. The minimum atomic E-state index is -0.0622. The molecule has 1 aromatic carbocycles. The number of hydrogen-bond donors (Lipinski definition) is 2. The van der Waals surface area contributed by atoms with Crippen molar-refractivity contribution >= 4 is 11.6 Å². The summed E-state index contributed by atoms with van der Waals surface area (Å²) >= 11 is 5.88. The van der Waals surface area contributed by atoms with E-state index in [0.29, 0.717) is 0 Å². The highest BCUT2D eigenvalue weighted by molar-refractivity contribution is 6.30. The molecule has 0 radical (unpaired) electrons. The third-order valence-corrected chi connectivity index (χ3v) is 3.06. The van der Waals surface area contributed by atoms with Gasteiger partial charge in [0.2, 0.25) is 0 Å². The number of hydrazine groups is 1.